The summed E-state index contributed by atoms with van der Waals surface area (Å²) in [6.45, 7) is 5.41. The van der Waals surface area contributed by atoms with E-state index in [1.165, 1.54) is 0 Å². The van der Waals surface area contributed by atoms with Crippen LogP contribution in [0.1, 0.15) is 18.2 Å². The Bertz CT molecular complexity index is 467. The second-order valence-corrected chi connectivity index (χ2v) is 3.69. The first kappa shape index (κ1) is 11.4. The van der Waals surface area contributed by atoms with Gasteiger partial charge in [-0.2, -0.15) is 4.98 Å². The third-order valence-corrected chi connectivity index (χ3v) is 2.32. The quantitative estimate of drug-likeness (QED) is 0.829. The van der Waals surface area contributed by atoms with Crippen LogP contribution in [-0.4, -0.2) is 16.5 Å². The fourth-order valence-corrected chi connectivity index (χ4v) is 1.45. The van der Waals surface area contributed by atoms with Crippen LogP contribution in [0.5, 0.6) is 0 Å². The molecule has 0 fully saturated rings. The van der Waals surface area contributed by atoms with Gasteiger partial charge >= 0.3 is 0 Å². The van der Waals surface area contributed by atoms with Crippen LogP contribution in [0, 0.1) is 6.92 Å². The highest BCUT2D eigenvalue weighted by atomic mass is 16.3. The summed E-state index contributed by atoms with van der Waals surface area (Å²) in [4.78, 5) is 8.57. The van der Waals surface area contributed by atoms with Gasteiger partial charge in [-0.3, -0.25) is 0 Å². The molecule has 0 aliphatic carbocycles. The Morgan fingerprint density at radius 3 is 2.94 bits per heavy atom. The summed E-state index contributed by atoms with van der Waals surface area (Å²) in [5.74, 6) is 2.35. The number of hydrogen-bond donors (Lipinski definition) is 2. The van der Waals surface area contributed by atoms with Crippen molar-refractivity contribution in [2.75, 3.05) is 17.2 Å². The van der Waals surface area contributed by atoms with E-state index in [1.54, 1.807) is 12.5 Å². The molecule has 2 aromatic rings. The topological polar surface area (TPSA) is 63.0 Å². The van der Waals surface area contributed by atoms with Crippen LogP contribution in [0.3, 0.4) is 0 Å². The van der Waals surface area contributed by atoms with E-state index in [1.807, 2.05) is 26.0 Å². The predicted octanol–water partition coefficient (Wildman–Crippen LogP) is 2.42. The van der Waals surface area contributed by atoms with Crippen molar-refractivity contribution in [3.63, 3.8) is 0 Å². The molecular weight excluding hydrogens is 216 g/mol. The summed E-state index contributed by atoms with van der Waals surface area (Å²) >= 11 is 0. The van der Waals surface area contributed by atoms with Crippen LogP contribution in [0.4, 0.5) is 11.8 Å². The van der Waals surface area contributed by atoms with Crippen LogP contribution in [0.15, 0.2) is 29.0 Å². The molecule has 0 aliphatic heterocycles. The maximum absolute atomic E-state index is 5.25. The molecule has 0 saturated carbocycles. The van der Waals surface area contributed by atoms with Crippen molar-refractivity contribution in [1.29, 1.82) is 0 Å². The third-order valence-electron chi connectivity index (χ3n) is 2.32. The molecule has 0 spiro atoms. The minimum atomic E-state index is 0.621. The molecule has 5 heteroatoms. The summed E-state index contributed by atoms with van der Waals surface area (Å²) < 4.78 is 5.25. The Hall–Kier alpha value is -2.04. The number of anilines is 2. The average Bonchev–Trinajstić information content (AvgIpc) is 2.83. The largest absolute Gasteiger partial charge is 0.467 e. The summed E-state index contributed by atoms with van der Waals surface area (Å²) in [6, 6.07) is 3.79. The van der Waals surface area contributed by atoms with E-state index in [2.05, 4.69) is 20.6 Å². The van der Waals surface area contributed by atoms with E-state index in [0.29, 0.717) is 12.5 Å². The molecule has 0 atom stereocenters. The van der Waals surface area contributed by atoms with Gasteiger partial charge in [-0.1, -0.05) is 0 Å². The van der Waals surface area contributed by atoms with E-state index < -0.39 is 0 Å². The fraction of sp³-hybridized carbons (Fsp3) is 0.333. The highest BCUT2D eigenvalue weighted by Gasteiger charge is 2.03. The van der Waals surface area contributed by atoms with Gasteiger partial charge in [-0.25, -0.2) is 4.98 Å². The van der Waals surface area contributed by atoms with E-state index in [4.69, 9.17) is 4.42 Å². The predicted molar refractivity (Wildman–Crippen MR) is 67.0 cm³/mol. The van der Waals surface area contributed by atoms with Crippen molar-refractivity contribution in [2.24, 2.45) is 0 Å². The molecule has 2 N–H and O–H groups in total. The Morgan fingerprint density at radius 2 is 2.24 bits per heavy atom. The molecule has 0 saturated heterocycles. The lowest BCUT2D eigenvalue weighted by Gasteiger charge is -2.09. The lowest BCUT2D eigenvalue weighted by molar-refractivity contribution is 0.517. The minimum Gasteiger partial charge on any atom is -0.467 e. The molecule has 5 nitrogen and oxygen atoms in total. The zero-order valence-electron chi connectivity index (χ0n) is 10.0. The number of hydrogen-bond acceptors (Lipinski definition) is 5. The Kier molecular flexibility index (Phi) is 3.59. The van der Waals surface area contributed by atoms with Crippen LogP contribution < -0.4 is 10.6 Å². The molecule has 2 heterocycles. The second-order valence-electron chi connectivity index (χ2n) is 3.69. The Morgan fingerprint density at radius 1 is 1.35 bits per heavy atom. The number of nitrogens with one attached hydrogen (secondary N) is 2. The van der Waals surface area contributed by atoms with Gasteiger partial charge in [0.1, 0.15) is 11.6 Å². The fourth-order valence-electron chi connectivity index (χ4n) is 1.45. The molecule has 2 aromatic heterocycles. The standard InChI is InChI=1S/C12H16N4O/c1-3-13-12-15-7-9(2)11(16-12)14-8-10-5-4-6-17-10/h4-7H,3,8H2,1-2H3,(H2,13,14,15,16). The highest BCUT2D eigenvalue weighted by Crippen LogP contribution is 2.13. The first-order valence-corrected chi connectivity index (χ1v) is 5.63. The van der Waals surface area contributed by atoms with Crippen LogP contribution >= 0.6 is 0 Å². The van der Waals surface area contributed by atoms with E-state index in [0.717, 1.165) is 23.7 Å². The summed E-state index contributed by atoms with van der Waals surface area (Å²) in [5.41, 5.74) is 1.01. The van der Waals surface area contributed by atoms with E-state index in [9.17, 15) is 0 Å². The highest BCUT2D eigenvalue weighted by molar-refractivity contribution is 5.46. The normalized spacial score (nSPS) is 10.2. The van der Waals surface area contributed by atoms with Gasteiger partial charge in [-0.05, 0) is 26.0 Å². The molecule has 90 valence electrons. The second kappa shape index (κ2) is 5.34. The lowest BCUT2D eigenvalue weighted by Crippen LogP contribution is -2.07. The molecule has 0 amide bonds. The van der Waals surface area contributed by atoms with Crippen molar-refractivity contribution >= 4 is 11.8 Å². The van der Waals surface area contributed by atoms with Crippen molar-refractivity contribution in [1.82, 2.24) is 9.97 Å². The maximum atomic E-state index is 5.25. The lowest BCUT2D eigenvalue weighted by atomic mass is 10.3. The molecule has 17 heavy (non-hydrogen) atoms. The number of furan rings is 1. The molecule has 0 bridgehead atoms. The molecular formula is C12H16N4O. The molecule has 0 radical (unpaired) electrons. The van der Waals surface area contributed by atoms with Crippen molar-refractivity contribution in [3.8, 4) is 0 Å². The van der Waals surface area contributed by atoms with Crippen molar-refractivity contribution < 1.29 is 4.42 Å². The van der Waals surface area contributed by atoms with E-state index >= 15 is 0 Å². The molecule has 0 aromatic carbocycles. The smallest absolute Gasteiger partial charge is 0.224 e. The summed E-state index contributed by atoms with van der Waals surface area (Å²) in [5, 5.41) is 6.31. The van der Waals surface area contributed by atoms with Gasteiger partial charge < -0.3 is 15.1 Å². The van der Waals surface area contributed by atoms with Crippen LogP contribution in [0.25, 0.3) is 0 Å². The van der Waals surface area contributed by atoms with E-state index in [-0.39, 0.29) is 0 Å². The van der Waals surface area contributed by atoms with Gasteiger partial charge in [-0.15, -0.1) is 0 Å². The van der Waals surface area contributed by atoms with Gasteiger partial charge in [0, 0.05) is 18.3 Å². The Balaban J connectivity index is 2.06. The van der Waals surface area contributed by atoms with Gasteiger partial charge in [0.2, 0.25) is 5.95 Å². The maximum Gasteiger partial charge on any atom is 0.224 e. The van der Waals surface area contributed by atoms with Gasteiger partial charge in [0.25, 0.3) is 0 Å². The van der Waals surface area contributed by atoms with Crippen molar-refractivity contribution in [2.45, 2.75) is 20.4 Å². The number of rotatable bonds is 5. The minimum absolute atomic E-state index is 0.621. The van der Waals surface area contributed by atoms with Crippen molar-refractivity contribution in [3.05, 3.63) is 35.9 Å². The van der Waals surface area contributed by atoms with Gasteiger partial charge in [0.05, 0.1) is 12.8 Å². The summed E-state index contributed by atoms with van der Waals surface area (Å²) in [6.07, 6.45) is 3.46. The number of nitrogens with zero attached hydrogens (tertiary/aromatic N) is 2. The molecule has 2 rings (SSSR count). The Labute approximate surface area is 100 Å². The average molecular weight is 232 g/mol. The number of aromatic nitrogens is 2. The monoisotopic (exact) mass is 232 g/mol. The molecule has 0 aliphatic rings. The number of aryl methyl sites for hydroxylation is 1. The first-order chi connectivity index (χ1) is 8.29. The van der Waals surface area contributed by atoms with Crippen LogP contribution in [0.2, 0.25) is 0 Å². The van der Waals surface area contributed by atoms with Crippen LogP contribution in [-0.2, 0) is 6.54 Å². The third kappa shape index (κ3) is 2.96. The van der Waals surface area contributed by atoms with Gasteiger partial charge in [0.15, 0.2) is 0 Å². The zero-order valence-corrected chi connectivity index (χ0v) is 10.0. The SMILES string of the molecule is CCNc1ncc(C)c(NCc2ccco2)n1. The summed E-state index contributed by atoms with van der Waals surface area (Å²) in [7, 11) is 0. The molecule has 0 unspecified atom stereocenters. The zero-order chi connectivity index (χ0) is 12.1. The first-order valence-electron chi connectivity index (χ1n) is 5.63.